The zero-order valence-electron chi connectivity index (χ0n) is 16.2. The van der Waals surface area contributed by atoms with Crippen LogP contribution in [0.1, 0.15) is 13.3 Å². The highest BCUT2D eigenvalue weighted by atomic mass is 19.1. The number of hydrazone groups is 1. The highest BCUT2D eigenvalue weighted by molar-refractivity contribution is 5.89. The van der Waals surface area contributed by atoms with Gasteiger partial charge < -0.3 is 11.1 Å². The maximum atomic E-state index is 14.8. The third-order valence-electron chi connectivity index (χ3n) is 4.45. The number of hydrogen-bond acceptors (Lipinski definition) is 8. The Labute approximate surface area is 171 Å². The summed E-state index contributed by atoms with van der Waals surface area (Å²) in [6, 6.07) is 6.36. The molecule has 0 unspecified atom stereocenters. The summed E-state index contributed by atoms with van der Waals surface area (Å²) in [6.07, 6.45) is 3.69. The molecule has 3 aromatic rings. The number of pyridine rings is 2. The molecule has 30 heavy (non-hydrogen) atoms. The Morgan fingerprint density at radius 1 is 1.27 bits per heavy atom. The molecule has 0 radical (unpaired) electrons. The predicted octanol–water partition coefficient (Wildman–Crippen LogP) is 1.29. The topological polar surface area (TPSA) is 137 Å². The number of carbonyl (C=O) groups is 1. The summed E-state index contributed by atoms with van der Waals surface area (Å²) in [4.78, 5) is 20.3. The second-order valence-electron chi connectivity index (χ2n) is 6.51. The Kier molecular flexibility index (Phi) is 5.30. The molecule has 1 aliphatic heterocycles. The van der Waals surface area contributed by atoms with Gasteiger partial charge in [0, 0.05) is 43.0 Å². The first kappa shape index (κ1) is 19.4. The van der Waals surface area contributed by atoms with E-state index in [9.17, 15) is 9.18 Å². The Morgan fingerprint density at radius 3 is 2.83 bits per heavy atom. The van der Waals surface area contributed by atoms with Gasteiger partial charge in [0.2, 0.25) is 5.95 Å². The summed E-state index contributed by atoms with van der Waals surface area (Å²) < 4.78 is 16.0. The summed E-state index contributed by atoms with van der Waals surface area (Å²) in [5, 5.41) is 10.9. The normalized spacial score (nSPS) is 13.6. The number of amides is 2. The average Bonchev–Trinajstić information content (AvgIpc) is 3.33. The maximum absolute atomic E-state index is 14.8. The molecule has 0 saturated heterocycles. The molecule has 11 nitrogen and oxygen atoms in total. The van der Waals surface area contributed by atoms with Crippen LogP contribution in [0.5, 0.6) is 0 Å². The van der Waals surface area contributed by atoms with Crippen molar-refractivity contribution < 1.29 is 9.18 Å². The molecule has 0 aromatic carbocycles. The minimum absolute atomic E-state index is 0.157. The van der Waals surface area contributed by atoms with Gasteiger partial charge in [0.25, 0.3) is 0 Å². The molecule has 0 aliphatic carbocycles. The number of nitrogen functional groups attached to an aromatic ring is 1. The van der Waals surface area contributed by atoms with Crippen molar-refractivity contribution in [2.45, 2.75) is 13.3 Å². The molecule has 6 N–H and O–H groups in total. The fourth-order valence-corrected chi connectivity index (χ4v) is 2.88. The van der Waals surface area contributed by atoms with E-state index >= 15 is 0 Å². The lowest BCUT2D eigenvalue weighted by Gasteiger charge is -2.12. The van der Waals surface area contributed by atoms with Crippen molar-refractivity contribution in [1.29, 1.82) is 0 Å². The highest BCUT2D eigenvalue weighted by Crippen LogP contribution is 2.23. The van der Waals surface area contributed by atoms with Crippen LogP contribution in [0.25, 0.3) is 16.8 Å². The minimum atomic E-state index is -0.671. The molecule has 4 heterocycles. The van der Waals surface area contributed by atoms with Crippen molar-refractivity contribution in [3.63, 3.8) is 0 Å². The number of rotatable bonds is 6. The molecule has 1 aliphatic rings. The number of aromatic nitrogens is 3. The van der Waals surface area contributed by atoms with E-state index in [-0.39, 0.29) is 5.82 Å². The first-order valence-corrected chi connectivity index (χ1v) is 9.34. The Morgan fingerprint density at radius 2 is 2.10 bits per heavy atom. The Balaban J connectivity index is 1.40. The zero-order valence-corrected chi connectivity index (χ0v) is 16.2. The average molecular weight is 412 g/mol. The Bertz CT molecular complexity index is 1090. The predicted molar refractivity (Wildman–Crippen MR) is 111 cm³/mol. The third-order valence-corrected chi connectivity index (χ3v) is 4.45. The van der Waals surface area contributed by atoms with Crippen LogP contribution in [0.3, 0.4) is 0 Å². The largest absolute Gasteiger partial charge is 0.384 e. The quantitative estimate of drug-likeness (QED) is 0.411. The number of nitrogens with two attached hydrogens (primary N) is 1. The van der Waals surface area contributed by atoms with Crippen LogP contribution in [-0.2, 0) is 0 Å². The molecule has 0 bridgehead atoms. The third kappa shape index (κ3) is 4.07. The number of nitrogens with zero attached hydrogens (tertiary/aromatic N) is 5. The SMILES string of the molecule is CCN1NN=C(CCNC(=O)Nc2nc3ccc(-c4ccc(N)nc4)cn3c2F)N1. The maximum Gasteiger partial charge on any atom is 0.320 e. The number of carbonyl (C=O) groups excluding carboxylic acids is 1. The van der Waals surface area contributed by atoms with Gasteiger partial charge in [-0.05, 0) is 31.2 Å². The van der Waals surface area contributed by atoms with Crippen molar-refractivity contribution in [3.8, 4) is 11.1 Å². The number of anilines is 2. The van der Waals surface area contributed by atoms with E-state index in [1.807, 2.05) is 6.92 Å². The molecule has 0 saturated carbocycles. The summed E-state index contributed by atoms with van der Waals surface area (Å²) in [5.41, 5.74) is 13.3. The number of hydrogen-bond donors (Lipinski definition) is 5. The first-order chi connectivity index (χ1) is 14.5. The van der Waals surface area contributed by atoms with Gasteiger partial charge in [0.1, 0.15) is 17.3 Å². The number of urea groups is 1. The van der Waals surface area contributed by atoms with Crippen LogP contribution in [-0.4, -0.2) is 44.4 Å². The highest BCUT2D eigenvalue weighted by Gasteiger charge is 2.16. The molecule has 2 amide bonds. The number of halogens is 1. The van der Waals surface area contributed by atoms with Gasteiger partial charge in [-0.3, -0.25) is 15.1 Å². The van der Waals surface area contributed by atoms with E-state index in [1.54, 1.807) is 41.8 Å². The van der Waals surface area contributed by atoms with Crippen molar-refractivity contribution in [2.24, 2.45) is 5.10 Å². The Hall–Kier alpha value is -3.93. The number of hydrazine groups is 2. The van der Waals surface area contributed by atoms with E-state index in [0.717, 1.165) is 17.7 Å². The van der Waals surface area contributed by atoms with Gasteiger partial charge in [-0.25, -0.2) is 20.3 Å². The van der Waals surface area contributed by atoms with Crippen LogP contribution in [0.15, 0.2) is 41.8 Å². The van der Waals surface area contributed by atoms with Crippen LogP contribution in [0.2, 0.25) is 0 Å². The molecule has 4 rings (SSSR count). The fraction of sp³-hybridized carbons (Fsp3) is 0.222. The lowest BCUT2D eigenvalue weighted by Crippen LogP contribution is -2.41. The number of nitrogens with one attached hydrogen (secondary N) is 4. The molecule has 156 valence electrons. The van der Waals surface area contributed by atoms with Crippen LogP contribution < -0.4 is 27.3 Å². The summed E-state index contributed by atoms with van der Waals surface area (Å²) in [5.74, 6) is 0.270. The molecular weight excluding hydrogens is 391 g/mol. The fourth-order valence-electron chi connectivity index (χ4n) is 2.88. The number of imidazole rings is 1. The molecule has 0 spiro atoms. The monoisotopic (exact) mass is 412 g/mol. The van der Waals surface area contributed by atoms with Crippen LogP contribution >= 0.6 is 0 Å². The second-order valence-corrected chi connectivity index (χ2v) is 6.51. The van der Waals surface area contributed by atoms with E-state index in [2.05, 4.69) is 36.7 Å². The van der Waals surface area contributed by atoms with E-state index < -0.39 is 12.0 Å². The summed E-state index contributed by atoms with van der Waals surface area (Å²) >= 11 is 0. The van der Waals surface area contributed by atoms with Crippen molar-refractivity contribution in [2.75, 3.05) is 24.1 Å². The van der Waals surface area contributed by atoms with Gasteiger partial charge in [-0.15, -0.1) is 10.2 Å². The summed E-state index contributed by atoms with van der Waals surface area (Å²) in [6.45, 7) is 3.01. The zero-order chi connectivity index (χ0) is 21.1. The van der Waals surface area contributed by atoms with Crippen molar-refractivity contribution >= 4 is 29.1 Å². The van der Waals surface area contributed by atoms with Crippen molar-refractivity contribution in [1.82, 2.24) is 35.8 Å². The van der Waals surface area contributed by atoms with Gasteiger partial charge in [-0.1, -0.05) is 0 Å². The van der Waals surface area contributed by atoms with E-state index in [1.165, 1.54) is 4.40 Å². The van der Waals surface area contributed by atoms with Crippen LogP contribution in [0.4, 0.5) is 20.8 Å². The molecule has 12 heteroatoms. The van der Waals surface area contributed by atoms with Crippen molar-refractivity contribution in [3.05, 3.63) is 42.6 Å². The molecule has 0 atom stereocenters. The van der Waals surface area contributed by atoms with Crippen LogP contribution in [0, 0.1) is 5.95 Å². The van der Waals surface area contributed by atoms with E-state index in [0.29, 0.717) is 30.3 Å². The first-order valence-electron chi connectivity index (χ1n) is 9.34. The molecular formula is C18H21FN10O. The number of fused-ring (bicyclic) bond motifs is 1. The van der Waals surface area contributed by atoms with Gasteiger partial charge >= 0.3 is 6.03 Å². The number of amidine groups is 1. The molecule has 3 aromatic heterocycles. The minimum Gasteiger partial charge on any atom is -0.384 e. The lowest BCUT2D eigenvalue weighted by atomic mass is 10.1. The van der Waals surface area contributed by atoms with Gasteiger partial charge in [0.05, 0.1) is 0 Å². The van der Waals surface area contributed by atoms with E-state index in [4.69, 9.17) is 5.73 Å². The smallest absolute Gasteiger partial charge is 0.320 e. The van der Waals surface area contributed by atoms with Gasteiger partial charge in [-0.2, -0.15) is 4.39 Å². The van der Waals surface area contributed by atoms with Gasteiger partial charge in [0.15, 0.2) is 5.82 Å². The summed E-state index contributed by atoms with van der Waals surface area (Å²) in [7, 11) is 0. The second kappa shape index (κ2) is 8.21. The standard InChI is InChI=1S/C18H21FN10O/c1-2-29-26-14(25-27-29)7-8-21-18(30)24-17-16(19)28-10-12(4-6-15(28)23-17)11-3-5-13(20)22-9-11/h3-6,9-10,27H,2,7-8H2,1H3,(H2,20,22)(H,25,26)(H2,21,24,30). The molecule has 0 fully saturated rings. The lowest BCUT2D eigenvalue weighted by molar-refractivity contribution is 0.190.